The Hall–Kier alpha value is -2.43. The molecule has 0 aliphatic rings. The fourth-order valence-electron chi connectivity index (χ4n) is 1.50. The van der Waals surface area contributed by atoms with Gasteiger partial charge in [0.1, 0.15) is 5.57 Å². The molecule has 1 rings (SSSR count). The fraction of sp³-hybridized carbons (Fsp3) is 0.333. The first-order valence-corrected chi connectivity index (χ1v) is 6.12. The molecule has 0 aromatic heterocycles. The molecule has 0 aliphatic carbocycles. The van der Waals surface area contributed by atoms with Crippen LogP contribution in [0.4, 0.5) is 5.69 Å². The van der Waals surface area contributed by atoms with Crippen molar-refractivity contribution in [3.63, 3.8) is 0 Å². The van der Waals surface area contributed by atoms with Crippen molar-refractivity contribution in [2.24, 2.45) is 4.99 Å². The van der Waals surface area contributed by atoms with Gasteiger partial charge in [0, 0.05) is 13.0 Å². The summed E-state index contributed by atoms with van der Waals surface area (Å²) in [6, 6.07) is 7.26. The molecular formula is C15H17NO5. The summed E-state index contributed by atoms with van der Waals surface area (Å²) in [5, 5.41) is 0. The number of hydrogen-bond acceptors (Lipinski definition) is 6. The molecule has 1 aromatic carbocycles. The summed E-state index contributed by atoms with van der Waals surface area (Å²) < 4.78 is 14.1. The molecule has 0 spiro atoms. The van der Waals surface area contributed by atoms with Crippen molar-refractivity contribution in [2.75, 3.05) is 21.3 Å². The maximum atomic E-state index is 11.7. The van der Waals surface area contributed by atoms with E-state index in [1.165, 1.54) is 21.3 Å². The second-order valence-corrected chi connectivity index (χ2v) is 4.10. The van der Waals surface area contributed by atoms with E-state index in [4.69, 9.17) is 4.74 Å². The molecule has 6 nitrogen and oxygen atoms in total. The second-order valence-electron chi connectivity index (χ2n) is 4.10. The number of rotatable bonds is 5. The van der Waals surface area contributed by atoms with E-state index in [-0.39, 0.29) is 5.57 Å². The van der Waals surface area contributed by atoms with Gasteiger partial charge in [-0.25, -0.2) is 14.6 Å². The maximum Gasteiger partial charge on any atom is 0.346 e. The van der Waals surface area contributed by atoms with Crippen LogP contribution in [-0.4, -0.2) is 45.2 Å². The number of aryl methyl sites for hydroxylation is 1. The lowest BCUT2D eigenvalue weighted by molar-refractivity contribution is -0.153. The van der Waals surface area contributed by atoms with Crippen molar-refractivity contribution in [3.8, 4) is 0 Å². The lowest BCUT2D eigenvalue weighted by atomic mass is 10.1. The molecule has 112 valence electrons. The van der Waals surface area contributed by atoms with Crippen molar-refractivity contribution in [1.29, 1.82) is 0 Å². The molecule has 21 heavy (non-hydrogen) atoms. The third-order valence-corrected chi connectivity index (χ3v) is 2.66. The molecular weight excluding hydrogens is 274 g/mol. The van der Waals surface area contributed by atoms with E-state index < -0.39 is 18.0 Å². The molecule has 0 radical (unpaired) electrons. The highest BCUT2D eigenvalue weighted by molar-refractivity contribution is 6.04. The van der Waals surface area contributed by atoms with Gasteiger partial charge in [0.25, 0.3) is 0 Å². The summed E-state index contributed by atoms with van der Waals surface area (Å²) in [6.07, 6.45) is -1.24. The van der Waals surface area contributed by atoms with Crippen LogP contribution >= 0.6 is 0 Å². The number of aliphatic imine (C=N–C) groups is 1. The molecule has 0 heterocycles. The van der Waals surface area contributed by atoms with Gasteiger partial charge in [0.15, 0.2) is 6.10 Å². The van der Waals surface area contributed by atoms with Crippen molar-refractivity contribution >= 4 is 23.5 Å². The van der Waals surface area contributed by atoms with E-state index in [9.17, 15) is 9.59 Å². The van der Waals surface area contributed by atoms with Crippen molar-refractivity contribution in [3.05, 3.63) is 35.4 Å². The monoisotopic (exact) mass is 291 g/mol. The van der Waals surface area contributed by atoms with Gasteiger partial charge in [-0.2, -0.15) is 0 Å². The molecule has 6 heteroatoms. The van der Waals surface area contributed by atoms with Crippen LogP contribution in [0, 0.1) is 6.92 Å². The predicted octanol–water partition coefficient (Wildman–Crippen LogP) is 1.58. The van der Waals surface area contributed by atoms with E-state index >= 15 is 0 Å². The van der Waals surface area contributed by atoms with Gasteiger partial charge < -0.3 is 14.2 Å². The Morgan fingerprint density at radius 1 is 1.10 bits per heavy atom. The minimum atomic E-state index is -1.24. The summed E-state index contributed by atoms with van der Waals surface area (Å²) >= 11 is 0. The first-order valence-electron chi connectivity index (χ1n) is 6.12. The highest BCUT2D eigenvalue weighted by Crippen LogP contribution is 2.13. The summed E-state index contributed by atoms with van der Waals surface area (Å²) in [5.74, 6) is 1.02. The zero-order valence-electron chi connectivity index (χ0n) is 12.4. The average molecular weight is 291 g/mol. The largest absolute Gasteiger partial charge is 0.467 e. The molecule has 0 bridgehead atoms. The number of carbonyl (C=O) groups excluding carboxylic acids is 2. The summed E-state index contributed by atoms with van der Waals surface area (Å²) in [4.78, 5) is 27.4. The van der Waals surface area contributed by atoms with Gasteiger partial charge in [-0.15, -0.1) is 0 Å². The third kappa shape index (κ3) is 4.56. The number of methoxy groups -OCH3 is 3. The van der Waals surface area contributed by atoms with Crippen LogP contribution in [0.25, 0.3) is 0 Å². The second kappa shape index (κ2) is 7.99. The van der Waals surface area contributed by atoms with Gasteiger partial charge in [-0.3, -0.25) is 0 Å². The molecule has 0 N–H and O–H groups in total. The number of ether oxygens (including phenoxy) is 3. The normalized spacial score (nSPS) is 11.0. The number of esters is 2. The topological polar surface area (TPSA) is 74.2 Å². The Morgan fingerprint density at radius 3 is 2.19 bits per heavy atom. The minimum Gasteiger partial charge on any atom is -0.467 e. The molecule has 0 fully saturated rings. The average Bonchev–Trinajstić information content (AvgIpc) is 2.51. The maximum absolute atomic E-state index is 11.7. The highest BCUT2D eigenvalue weighted by Gasteiger charge is 2.29. The van der Waals surface area contributed by atoms with E-state index in [1.807, 2.05) is 19.1 Å². The summed E-state index contributed by atoms with van der Waals surface area (Å²) in [6.45, 7) is 1.95. The third-order valence-electron chi connectivity index (χ3n) is 2.66. The molecule has 0 saturated carbocycles. The molecule has 0 aliphatic heterocycles. The molecule has 1 aromatic rings. The standard InChI is InChI=1S/C15H17NO5/c1-10-5-7-11(8-6-10)16-9-12(14(17)20-3)13(19-2)15(18)21-4/h5-8,13H,1-4H3. The smallest absolute Gasteiger partial charge is 0.346 e. The van der Waals surface area contributed by atoms with Crippen molar-refractivity contribution in [1.82, 2.24) is 0 Å². The lowest BCUT2D eigenvalue weighted by Crippen LogP contribution is -2.31. The van der Waals surface area contributed by atoms with E-state index in [0.29, 0.717) is 5.69 Å². The zero-order valence-corrected chi connectivity index (χ0v) is 12.4. The molecule has 0 saturated heterocycles. The van der Waals surface area contributed by atoms with Crippen LogP contribution in [0.1, 0.15) is 5.56 Å². The van der Waals surface area contributed by atoms with Gasteiger partial charge in [-0.05, 0) is 19.1 Å². The van der Waals surface area contributed by atoms with Gasteiger partial charge in [0.05, 0.1) is 19.9 Å². The van der Waals surface area contributed by atoms with Crippen LogP contribution in [0.2, 0.25) is 0 Å². The summed E-state index contributed by atoms with van der Waals surface area (Å²) in [5.41, 5.74) is 1.50. The number of hydrogen-bond donors (Lipinski definition) is 0. The first-order chi connectivity index (χ1) is 10.0. The van der Waals surface area contributed by atoms with Gasteiger partial charge >= 0.3 is 11.9 Å². The van der Waals surface area contributed by atoms with Crippen LogP contribution < -0.4 is 0 Å². The predicted molar refractivity (Wildman–Crippen MR) is 76.6 cm³/mol. The van der Waals surface area contributed by atoms with Crippen LogP contribution in [-0.2, 0) is 23.8 Å². The lowest BCUT2D eigenvalue weighted by Gasteiger charge is -2.12. The Balaban J connectivity index is 3.23. The van der Waals surface area contributed by atoms with Crippen molar-refractivity contribution in [2.45, 2.75) is 13.0 Å². The Labute approximate surface area is 123 Å². The van der Waals surface area contributed by atoms with Crippen molar-refractivity contribution < 1.29 is 23.8 Å². The van der Waals surface area contributed by atoms with Crippen LogP contribution in [0.15, 0.2) is 34.8 Å². The molecule has 1 unspecified atom stereocenters. The van der Waals surface area contributed by atoms with Crippen LogP contribution in [0.5, 0.6) is 0 Å². The molecule has 1 atom stereocenters. The van der Waals surface area contributed by atoms with Gasteiger partial charge in [0.2, 0.25) is 0 Å². The Morgan fingerprint density at radius 2 is 1.71 bits per heavy atom. The SMILES string of the molecule is COC(=O)C(=C=Nc1ccc(C)cc1)C(OC)C(=O)OC. The van der Waals surface area contributed by atoms with E-state index in [1.54, 1.807) is 12.1 Å². The summed E-state index contributed by atoms with van der Waals surface area (Å²) in [7, 11) is 3.67. The fourth-order valence-corrected chi connectivity index (χ4v) is 1.50. The zero-order chi connectivity index (χ0) is 15.8. The number of carbonyl (C=O) groups is 2. The van der Waals surface area contributed by atoms with E-state index in [2.05, 4.69) is 20.3 Å². The molecule has 0 amide bonds. The Kier molecular flexibility index (Phi) is 6.33. The minimum absolute atomic E-state index is 0.160. The van der Waals surface area contributed by atoms with Crippen LogP contribution in [0.3, 0.4) is 0 Å². The number of benzene rings is 1. The highest BCUT2D eigenvalue weighted by atomic mass is 16.6. The number of nitrogens with zero attached hydrogens (tertiary/aromatic N) is 1. The van der Waals surface area contributed by atoms with E-state index in [0.717, 1.165) is 5.56 Å². The first kappa shape index (κ1) is 16.6. The Bertz CT molecular complexity index is 570. The quantitative estimate of drug-likeness (QED) is 0.468. The van der Waals surface area contributed by atoms with Gasteiger partial charge in [-0.1, -0.05) is 17.7 Å².